The molecule has 1 fully saturated rings. The molecule has 3 rings (SSSR count). The van der Waals surface area contributed by atoms with E-state index in [2.05, 4.69) is 37.8 Å². The Bertz CT molecular complexity index is 1000. The van der Waals surface area contributed by atoms with Crippen molar-refractivity contribution in [1.29, 1.82) is 0 Å². The van der Waals surface area contributed by atoms with Crippen LogP contribution < -0.4 is 0 Å². The summed E-state index contributed by atoms with van der Waals surface area (Å²) in [5.41, 5.74) is 1.06. The van der Waals surface area contributed by atoms with Gasteiger partial charge in [-0.25, -0.2) is 8.42 Å². The summed E-state index contributed by atoms with van der Waals surface area (Å²) < 4.78 is 32.7. The Morgan fingerprint density at radius 3 is 2.31 bits per heavy atom. The maximum Gasteiger partial charge on any atom is 0.243 e. The maximum absolute atomic E-state index is 13.0. The summed E-state index contributed by atoms with van der Waals surface area (Å²) in [7, 11) is -3.56. The van der Waals surface area contributed by atoms with Gasteiger partial charge in [0.25, 0.3) is 0 Å². The van der Waals surface area contributed by atoms with Gasteiger partial charge in [0.1, 0.15) is 0 Å². The maximum atomic E-state index is 13.0. The van der Waals surface area contributed by atoms with Gasteiger partial charge in [-0.3, -0.25) is 4.79 Å². The molecule has 0 atom stereocenters. The predicted molar refractivity (Wildman–Crippen MR) is 122 cm³/mol. The molecule has 1 saturated heterocycles. The molecule has 0 aliphatic carbocycles. The Labute approximate surface area is 191 Å². The first-order valence-corrected chi connectivity index (χ1v) is 12.7. The van der Waals surface area contributed by atoms with Crippen LogP contribution in [0.25, 0.3) is 0 Å². The molecular weight excluding hydrogens is 428 g/mol. The van der Waals surface area contributed by atoms with Crippen LogP contribution in [-0.4, -0.2) is 59.8 Å². The van der Waals surface area contributed by atoms with Gasteiger partial charge in [0.05, 0.1) is 4.90 Å². The number of sulfonamides is 1. The Hall–Kier alpha value is -2.26. The van der Waals surface area contributed by atoms with Crippen molar-refractivity contribution in [3.8, 4) is 0 Å². The molecule has 1 amide bonds. The largest absolute Gasteiger partial charge is 0.340 e. The zero-order valence-corrected chi connectivity index (χ0v) is 20.3. The quantitative estimate of drug-likeness (QED) is 0.598. The number of aryl methyl sites for hydroxylation is 2. The third-order valence-electron chi connectivity index (χ3n) is 5.71. The summed E-state index contributed by atoms with van der Waals surface area (Å²) in [5, 5.41) is 3.92. The van der Waals surface area contributed by atoms with Crippen molar-refractivity contribution in [3.63, 3.8) is 0 Å². The molecule has 0 N–H and O–H groups in total. The van der Waals surface area contributed by atoms with Gasteiger partial charge in [0.15, 0.2) is 5.82 Å². The minimum atomic E-state index is -3.56. The number of piperazine rings is 1. The highest BCUT2D eigenvalue weighted by Crippen LogP contribution is 2.25. The molecule has 2 heterocycles. The first kappa shape index (κ1) is 24.4. The van der Waals surface area contributed by atoms with Crippen molar-refractivity contribution in [2.75, 3.05) is 26.2 Å². The SMILES string of the molecule is CCCc1noc(CCCC(=O)N2CCN(S(=O)(=O)c3ccc(C(C)(C)C)cc3)CC2)n1. The van der Waals surface area contributed by atoms with E-state index in [4.69, 9.17) is 4.52 Å². The van der Waals surface area contributed by atoms with Gasteiger partial charge in [0, 0.05) is 45.4 Å². The number of carbonyl (C=O) groups is 1. The van der Waals surface area contributed by atoms with Gasteiger partial charge in [-0.2, -0.15) is 9.29 Å². The first-order valence-electron chi connectivity index (χ1n) is 11.3. The molecule has 1 aliphatic rings. The Balaban J connectivity index is 1.48. The van der Waals surface area contributed by atoms with Gasteiger partial charge < -0.3 is 9.42 Å². The fourth-order valence-corrected chi connectivity index (χ4v) is 5.14. The molecule has 0 spiro atoms. The van der Waals surface area contributed by atoms with E-state index in [-0.39, 0.29) is 11.3 Å². The molecule has 0 bridgehead atoms. The normalized spacial score (nSPS) is 15.8. The highest BCUT2D eigenvalue weighted by molar-refractivity contribution is 7.89. The molecule has 0 radical (unpaired) electrons. The smallest absolute Gasteiger partial charge is 0.243 e. The van der Waals surface area contributed by atoms with Crippen LogP contribution in [0.4, 0.5) is 0 Å². The number of hydrogen-bond acceptors (Lipinski definition) is 6. The monoisotopic (exact) mass is 462 g/mol. The first-order chi connectivity index (χ1) is 15.1. The Morgan fingerprint density at radius 1 is 1.06 bits per heavy atom. The highest BCUT2D eigenvalue weighted by atomic mass is 32.2. The van der Waals surface area contributed by atoms with E-state index in [9.17, 15) is 13.2 Å². The third-order valence-corrected chi connectivity index (χ3v) is 7.63. The molecule has 1 aliphatic heterocycles. The van der Waals surface area contributed by atoms with Crippen LogP contribution in [0.1, 0.15) is 64.2 Å². The standard InChI is InChI=1S/C23H34N4O4S/c1-5-7-20-24-21(31-25-20)8-6-9-22(28)26-14-16-27(17-15-26)32(29,30)19-12-10-18(11-13-19)23(2,3)4/h10-13H,5-9,14-17H2,1-4H3. The molecule has 176 valence electrons. The zero-order valence-electron chi connectivity index (χ0n) is 19.5. The molecule has 32 heavy (non-hydrogen) atoms. The van der Waals surface area contributed by atoms with Crippen LogP contribution in [0.3, 0.4) is 0 Å². The van der Waals surface area contributed by atoms with Crippen LogP contribution in [0.2, 0.25) is 0 Å². The van der Waals surface area contributed by atoms with Gasteiger partial charge >= 0.3 is 0 Å². The number of nitrogens with zero attached hydrogens (tertiary/aromatic N) is 4. The molecule has 0 saturated carbocycles. The van der Waals surface area contributed by atoms with E-state index in [1.807, 2.05) is 12.1 Å². The summed E-state index contributed by atoms with van der Waals surface area (Å²) >= 11 is 0. The molecule has 0 unspecified atom stereocenters. The van der Waals surface area contributed by atoms with Crippen molar-refractivity contribution in [2.24, 2.45) is 0 Å². The van der Waals surface area contributed by atoms with Crippen LogP contribution in [-0.2, 0) is 33.1 Å². The minimum Gasteiger partial charge on any atom is -0.340 e. The molecule has 1 aromatic heterocycles. The van der Waals surface area contributed by atoms with Crippen molar-refractivity contribution in [3.05, 3.63) is 41.5 Å². The number of hydrogen-bond donors (Lipinski definition) is 0. The Kier molecular flexibility index (Phi) is 7.71. The van der Waals surface area contributed by atoms with Crippen LogP contribution >= 0.6 is 0 Å². The van der Waals surface area contributed by atoms with E-state index in [0.29, 0.717) is 62.1 Å². The van der Waals surface area contributed by atoms with Crippen LogP contribution in [0.5, 0.6) is 0 Å². The predicted octanol–water partition coefficient (Wildman–Crippen LogP) is 3.18. The second-order valence-electron chi connectivity index (χ2n) is 9.27. The van der Waals surface area contributed by atoms with E-state index in [1.165, 1.54) is 4.31 Å². The van der Waals surface area contributed by atoms with Crippen molar-refractivity contribution < 1.29 is 17.7 Å². The topological polar surface area (TPSA) is 96.6 Å². The number of amides is 1. The molecule has 2 aromatic rings. The summed E-state index contributed by atoms with van der Waals surface area (Å²) in [6.07, 6.45) is 3.33. The lowest BCUT2D eigenvalue weighted by Crippen LogP contribution is -2.50. The van der Waals surface area contributed by atoms with Crippen molar-refractivity contribution in [2.45, 2.75) is 70.1 Å². The van der Waals surface area contributed by atoms with Gasteiger partial charge in [0.2, 0.25) is 21.8 Å². The Morgan fingerprint density at radius 2 is 1.72 bits per heavy atom. The van der Waals surface area contributed by atoms with Gasteiger partial charge in [-0.15, -0.1) is 0 Å². The summed E-state index contributed by atoms with van der Waals surface area (Å²) in [6, 6.07) is 7.11. The summed E-state index contributed by atoms with van der Waals surface area (Å²) in [4.78, 5) is 18.9. The minimum absolute atomic E-state index is 0.0322. The summed E-state index contributed by atoms with van der Waals surface area (Å²) in [6.45, 7) is 9.76. The molecule has 1 aromatic carbocycles. The average Bonchev–Trinajstić information content (AvgIpc) is 3.21. The summed E-state index contributed by atoms with van der Waals surface area (Å²) in [5.74, 6) is 1.30. The van der Waals surface area contributed by atoms with Crippen molar-refractivity contribution in [1.82, 2.24) is 19.3 Å². The van der Waals surface area contributed by atoms with E-state index in [0.717, 1.165) is 18.4 Å². The van der Waals surface area contributed by atoms with E-state index in [1.54, 1.807) is 17.0 Å². The molecular formula is C23H34N4O4S. The number of rotatable bonds is 8. The second kappa shape index (κ2) is 10.1. The number of aromatic nitrogens is 2. The van der Waals surface area contributed by atoms with Crippen molar-refractivity contribution >= 4 is 15.9 Å². The number of benzene rings is 1. The number of carbonyl (C=O) groups excluding carboxylic acids is 1. The van der Waals surface area contributed by atoms with E-state index >= 15 is 0 Å². The fraction of sp³-hybridized carbons (Fsp3) is 0.609. The van der Waals surface area contributed by atoms with Gasteiger partial charge in [-0.05, 0) is 36.0 Å². The lowest BCUT2D eigenvalue weighted by molar-refractivity contribution is -0.132. The average molecular weight is 463 g/mol. The second-order valence-corrected chi connectivity index (χ2v) is 11.2. The fourth-order valence-electron chi connectivity index (χ4n) is 3.72. The molecule has 9 heteroatoms. The third kappa shape index (κ3) is 5.95. The van der Waals surface area contributed by atoms with Gasteiger partial charge in [-0.1, -0.05) is 45.0 Å². The van der Waals surface area contributed by atoms with Crippen LogP contribution in [0, 0.1) is 0 Å². The lowest BCUT2D eigenvalue weighted by atomic mass is 9.87. The molecule has 8 nitrogen and oxygen atoms in total. The van der Waals surface area contributed by atoms with Crippen LogP contribution in [0.15, 0.2) is 33.7 Å². The lowest BCUT2D eigenvalue weighted by Gasteiger charge is -2.34. The zero-order chi connectivity index (χ0) is 23.4. The highest BCUT2D eigenvalue weighted by Gasteiger charge is 2.30. The van der Waals surface area contributed by atoms with E-state index < -0.39 is 10.0 Å².